The molecule has 0 radical (unpaired) electrons. The van der Waals surface area contributed by atoms with Crippen LogP contribution in [0.5, 0.6) is 0 Å². The number of aliphatic hydroxyl groups excluding tert-OH is 1. The first-order valence-electron chi connectivity index (χ1n) is 6.58. The van der Waals surface area contributed by atoms with Crippen LogP contribution in [-0.2, 0) is 4.79 Å². The molecule has 1 rings (SSSR count). The van der Waals surface area contributed by atoms with E-state index in [9.17, 15) is 4.79 Å². The van der Waals surface area contributed by atoms with E-state index in [1.54, 1.807) is 24.3 Å². The zero-order valence-corrected chi connectivity index (χ0v) is 12.9. The minimum Gasteiger partial charge on any atom is -0.396 e. The van der Waals surface area contributed by atoms with Crippen molar-refractivity contribution in [3.8, 4) is 0 Å². The highest BCUT2D eigenvalue weighted by atomic mass is 35.5. The van der Waals surface area contributed by atoms with E-state index >= 15 is 0 Å². The van der Waals surface area contributed by atoms with Crippen LogP contribution in [0.15, 0.2) is 24.3 Å². The quantitative estimate of drug-likeness (QED) is 0.756. The van der Waals surface area contributed by atoms with Crippen LogP contribution in [0.1, 0.15) is 25.3 Å². The zero-order chi connectivity index (χ0) is 15.0. The summed E-state index contributed by atoms with van der Waals surface area (Å²) in [7, 11) is 0. The van der Waals surface area contributed by atoms with Crippen molar-refractivity contribution in [2.75, 3.05) is 13.2 Å². The summed E-state index contributed by atoms with van der Waals surface area (Å²) in [6.07, 6.45) is 4.72. The Kier molecular flexibility index (Phi) is 7.67. The Bertz CT molecular complexity index is 475. The molecule has 0 saturated heterocycles. The van der Waals surface area contributed by atoms with Gasteiger partial charge >= 0.3 is 0 Å². The first-order chi connectivity index (χ1) is 9.56. The molecule has 0 aliphatic rings. The summed E-state index contributed by atoms with van der Waals surface area (Å²) in [6.45, 7) is 2.75. The number of halogens is 2. The number of benzene rings is 1. The van der Waals surface area contributed by atoms with Crippen molar-refractivity contribution in [1.82, 2.24) is 5.32 Å². The smallest absolute Gasteiger partial charge is 0.244 e. The van der Waals surface area contributed by atoms with Crippen LogP contribution in [0.3, 0.4) is 0 Å². The molecule has 1 unspecified atom stereocenters. The maximum absolute atomic E-state index is 11.7. The van der Waals surface area contributed by atoms with E-state index in [1.807, 2.05) is 6.92 Å². The van der Waals surface area contributed by atoms with Gasteiger partial charge in [-0.25, -0.2) is 0 Å². The van der Waals surface area contributed by atoms with Gasteiger partial charge in [-0.15, -0.1) is 0 Å². The number of hydrogen-bond donors (Lipinski definition) is 2. The van der Waals surface area contributed by atoms with Gasteiger partial charge in [0.05, 0.1) is 0 Å². The molecule has 1 amide bonds. The molecule has 1 aromatic rings. The number of amides is 1. The van der Waals surface area contributed by atoms with Crippen LogP contribution >= 0.6 is 23.2 Å². The van der Waals surface area contributed by atoms with Crippen molar-refractivity contribution in [1.29, 1.82) is 0 Å². The van der Waals surface area contributed by atoms with E-state index in [-0.39, 0.29) is 12.5 Å². The fourth-order valence-electron chi connectivity index (χ4n) is 1.74. The topological polar surface area (TPSA) is 49.3 Å². The van der Waals surface area contributed by atoms with Crippen LogP contribution in [0, 0.1) is 5.92 Å². The van der Waals surface area contributed by atoms with E-state index in [0.717, 1.165) is 12.0 Å². The van der Waals surface area contributed by atoms with Crippen molar-refractivity contribution < 1.29 is 9.90 Å². The second-order valence-electron chi connectivity index (χ2n) is 4.53. The lowest BCUT2D eigenvalue weighted by atomic mass is 10.0. The molecule has 0 heterocycles. The Balaban J connectivity index is 2.51. The molecule has 0 aliphatic carbocycles. The number of nitrogens with one attached hydrogen (secondary N) is 1. The summed E-state index contributed by atoms with van der Waals surface area (Å²) < 4.78 is 0. The summed E-state index contributed by atoms with van der Waals surface area (Å²) >= 11 is 11.8. The molecule has 0 spiro atoms. The van der Waals surface area contributed by atoms with E-state index < -0.39 is 0 Å². The molecule has 0 bridgehead atoms. The minimum atomic E-state index is -0.174. The van der Waals surface area contributed by atoms with Crippen LogP contribution < -0.4 is 5.32 Å². The lowest BCUT2D eigenvalue weighted by Crippen LogP contribution is -2.28. The van der Waals surface area contributed by atoms with Gasteiger partial charge in [0, 0.05) is 29.3 Å². The van der Waals surface area contributed by atoms with Crippen molar-refractivity contribution in [3.63, 3.8) is 0 Å². The van der Waals surface area contributed by atoms with Gasteiger partial charge in [0.15, 0.2) is 0 Å². The summed E-state index contributed by atoms with van der Waals surface area (Å²) in [5.41, 5.74) is 0.744. The second kappa shape index (κ2) is 9.01. The predicted molar refractivity (Wildman–Crippen MR) is 84.0 cm³/mol. The van der Waals surface area contributed by atoms with Gasteiger partial charge in [0.1, 0.15) is 0 Å². The normalized spacial score (nSPS) is 12.6. The third-order valence-electron chi connectivity index (χ3n) is 3.06. The number of hydrogen-bond acceptors (Lipinski definition) is 2. The fourth-order valence-corrected chi connectivity index (χ4v) is 2.21. The molecular formula is C15H19Cl2NO2. The lowest BCUT2D eigenvalue weighted by Gasteiger charge is -2.13. The van der Waals surface area contributed by atoms with Crippen molar-refractivity contribution >= 4 is 35.2 Å². The molecule has 0 fully saturated rings. The van der Waals surface area contributed by atoms with Crippen LogP contribution in [0.4, 0.5) is 0 Å². The number of carbonyl (C=O) groups excluding carboxylic acids is 1. The maximum Gasteiger partial charge on any atom is 0.244 e. The highest BCUT2D eigenvalue weighted by Crippen LogP contribution is 2.21. The van der Waals surface area contributed by atoms with E-state index in [4.69, 9.17) is 28.3 Å². The molecule has 110 valence electrons. The van der Waals surface area contributed by atoms with Gasteiger partial charge in [-0.2, -0.15) is 0 Å². The van der Waals surface area contributed by atoms with Crippen LogP contribution in [0.2, 0.25) is 10.0 Å². The molecule has 0 saturated carbocycles. The van der Waals surface area contributed by atoms with E-state index in [0.29, 0.717) is 28.9 Å². The molecule has 3 nitrogen and oxygen atoms in total. The minimum absolute atomic E-state index is 0.143. The summed E-state index contributed by atoms with van der Waals surface area (Å²) in [5.74, 6) is 0.129. The first-order valence-corrected chi connectivity index (χ1v) is 7.34. The molecule has 20 heavy (non-hydrogen) atoms. The molecule has 5 heteroatoms. The summed E-state index contributed by atoms with van der Waals surface area (Å²) in [6, 6.07) is 5.11. The number of aliphatic hydroxyl groups is 1. The summed E-state index contributed by atoms with van der Waals surface area (Å²) in [4.78, 5) is 11.7. The monoisotopic (exact) mass is 315 g/mol. The number of carbonyl (C=O) groups is 1. The van der Waals surface area contributed by atoms with Gasteiger partial charge in [0.2, 0.25) is 5.91 Å². The SMILES string of the molecule is CCC(CCO)CNC(=O)/C=C/c1ccc(Cl)cc1Cl. The maximum atomic E-state index is 11.7. The van der Waals surface area contributed by atoms with Crippen molar-refractivity contribution in [2.24, 2.45) is 5.92 Å². The van der Waals surface area contributed by atoms with E-state index in [1.165, 1.54) is 6.08 Å². The lowest BCUT2D eigenvalue weighted by molar-refractivity contribution is -0.116. The van der Waals surface area contributed by atoms with Gasteiger partial charge < -0.3 is 10.4 Å². The Morgan fingerprint density at radius 2 is 2.20 bits per heavy atom. The van der Waals surface area contributed by atoms with Gasteiger partial charge in [-0.3, -0.25) is 4.79 Å². The van der Waals surface area contributed by atoms with Crippen LogP contribution in [-0.4, -0.2) is 24.2 Å². The van der Waals surface area contributed by atoms with Gasteiger partial charge in [-0.05, 0) is 36.1 Å². The standard InChI is InChI=1S/C15H19Cl2NO2/c1-2-11(7-8-19)10-18-15(20)6-4-12-3-5-13(16)9-14(12)17/h3-6,9,11,19H,2,7-8,10H2,1H3,(H,18,20)/b6-4+. The van der Waals surface area contributed by atoms with Crippen LogP contribution in [0.25, 0.3) is 6.08 Å². The Morgan fingerprint density at radius 1 is 1.45 bits per heavy atom. The Labute approximate surface area is 129 Å². The molecule has 0 aliphatic heterocycles. The zero-order valence-electron chi connectivity index (χ0n) is 11.4. The third-order valence-corrected chi connectivity index (χ3v) is 3.62. The highest BCUT2D eigenvalue weighted by molar-refractivity contribution is 6.35. The molecule has 1 atom stereocenters. The molecular weight excluding hydrogens is 297 g/mol. The Hall–Kier alpha value is -1.03. The Morgan fingerprint density at radius 3 is 2.80 bits per heavy atom. The second-order valence-corrected chi connectivity index (χ2v) is 5.37. The average molecular weight is 316 g/mol. The predicted octanol–water partition coefficient (Wildman–Crippen LogP) is 3.53. The van der Waals surface area contributed by atoms with Crippen molar-refractivity contribution in [3.05, 3.63) is 39.9 Å². The van der Waals surface area contributed by atoms with Gasteiger partial charge in [0.25, 0.3) is 0 Å². The van der Waals surface area contributed by atoms with Crippen molar-refractivity contribution in [2.45, 2.75) is 19.8 Å². The average Bonchev–Trinajstić information content (AvgIpc) is 2.42. The third kappa shape index (κ3) is 5.95. The molecule has 0 aromatic heterocycles. The fraction of sp³-hybridized carbons (Fsp3) is 0.400. The largest absolute Gasteiger partial charge is 0.396 e. The highest BCUT2D eigenvalue weighted by Gasteiger charge is 2.06. The van der Waals surface area contributed by atoms with E-state index in [2.05, 4.69) is 5.32 Å². The summed E-state index contributed by atoms with van der Waals surface area (Å²) in [5, 5.41) is 12.8. The molecule has 2 N–H and O–H groups in total. The number of rotatable bonds is 7. The first kappa shape index (κ1) is 17.0. The van der Waals surface area contributed by atoms with Gasteiger partial charge in [-0.1, -0.05) is 42.6 Å². The molecule has 1 aromatic carbocycles.